The zero-order valence-corrected chi connectivity index (χ0v) is 18.0. The van der Waals surface area contributed by atoms with E-state index in [0.29, 0.717) is 0 Å². The summed E-state index contributed by atoms with van der Waals surface area (Å²) in [7, 11) is 1.97. The lowest BCUT2D eigenvalue weighted by Gasteiger charge is -2.06. The van der Waals surface area contributed by atoms with Gasteiger partial charge in [0.05, 0.1) is 17.4 Å². The van der Waals surface area contributed by atoms with Crippen molar-refractivity contribution in [2.24, 2.45) is 7.05 Å². The number of fused-ring (bicyclic) bond motifs is 2. The van der Waals surface area contributed by atoms with Crippen LogP contribution >= 0.6 is 0 Å². The maximum absolute atomic E-state index is 4.69. The third-order valence-corrected chi connectivity index (χ3v) is 6.13. The van der Waals surface area contributed by atoms with Crippen molar-refractivity contribution < 1.29 is 0 Å². The van der Waals surface area contributed by atoms with E-state index in [9.17, 15) is 0 Å². The summed E-state index contributed by atoms with van der Waals surface area (Å²) in [5.41, 5.74) is 10.6. The number of aryl methyl sites for hydroxylation is 2. The molecule has 7 heteroatoms. The number of aromatic nitrogens is 7. The van der Waals surface area contributed by atoms with Crippen molar-refractivity contribution in [3.8, 4) is 33.4 Å². The standard InChI is InChI=1S/C25H21N7/c1-15-24(16(2)31(3)30-15)19-9-20-21(13-28-25(20)27-12-19)17-6-8-32-23(10-17)22(14-29-32)18-5-4-7-26-11-18/h4-14H,1-3H3,(H,27,28). The van der Waals surface area contributed by atoms with Gasteiger partial charge in [0.2, 0.25) is 0 Å². The van der Waals surface area contributed by atoms with Gasteiger partial charge in [-0.15, -0.1) is 0 Å². The average molecular weight is 419 g/mol. The molecule has 156 valence electrons. The molecule has 0 saturated carbocycles. The highest BCUT2D eigenvalue weighted by Gasteiger charge is 2.16. The molecule has 0 aliphatic carbocycles. The van der Waals surface area contributed by atoms with Gasteiger partial charge in [-0.25, -0.2) is 9.50 Å². The first-order valence-corrected chi connectivity index (χ1v) is 10.5. The second kappa shape index (κ2) is 6.88. The number of rotatable bonds is 3. The minimum Gasteiger partial charge on any atom is -0.346 e. The molecule has 0 radical (unpaired) electrons. The Kier molecular flexibility index (Phi) is 3.98. The molecule has 0 atom stereocenters. The summed E-state index contributed by atoms with van der Waals surface area (Å²) in [6, 6.07) is 10.5. The molecule has 6 heterocycles. The molecule has 6 rings (SSSR count). The van der Waals surface area contributed by atoms with Gasteiger partial charge in [0, 0.05) is 76.9 Å². The van der Waals surface area contributed by atoms with Gasteiger partial charge >= 0.3 is 0 Å². The second-order valence-electron chi connectivity index (χ2n) is 8.04. The lowest BCUT2D eigenvalue weighted by atomic mass is 10.0. The summed E-state index contributed by atoms with van der Waals surface area (Å²) >= 11 is 0. The van der Waals surface area contributed by atoms with E-state index in [1.807, 2.05) is 60.2 Å². The minimum absolute atomic E-state index is 0.865. The van der Waals surface area contributed by atoms with Crippen LogP contribution in [-0.4, -0.2) is 34.3 Å². The Hall–Kier alpha value is -4.26. The fourth-order valence-corrected chi connectivity index (χ4v) is 4.46. The van der Waals surface area contributed by atoms with Crippen molar-refractivity contribution in [1.29, 1.82) is 0 Å². The molecule has 0 unspecified atom stereocenters. The predicted octanol–water partition coefficient (Wildman–Crippen LogP) is 4.96. The van der Waals surface area contributed by atoms with Crippen LogP contribution in [0.1, 0.15) is 11.4 Å². The monoisotopic (exact) mass is 419 g/mol. The fourth-order valence-electron chi connectivity index (χ4n) is 4.46. The van der Waals surface area contributed by atoms with Crippen LogP contribution in [0.4, 0.5) is 0 Å². The Bertz CT molecular complexity index is 1600. The highest BCUT2D eigenvalue weighted by molar-refractivity contribution is 5.97. The van der Waals surface area contributed by atoms with E-state index in [2.05, 4.69) is 51.4 Å². The zero-order valence-electron chi connectivity index (χ0n) is 18.0. The normalized spacial score (nSPS) is 11.6. The molecule has 0 aromatic carbocycles. The Balaban J connectivity index is 1.52. The van der Waals surface area contributed by atoms with Crippen LogP contribution in [0, 0.1) is 13.8 Å². The van der Waals surface area contributed by atoms with E-state index >= 15 is 0 Å². The average Bonchev–Trinajstić information content (AvgIpc) is 3.49. The molecule has 0 aliphatic rings. The predicted molar refractivity (Wildman–Crippen MR) is 125 cm³/mol. The molecule has 6 aromatic heterocycles. The van der Waals surface area contributed by atoms with Gasteiger partial charge in [-0.3, -0.25) is 9.67 Å². The zero-order chi connectivity index (χ0) is 21.8. The molecule has 1 N–H and O–H groups in total. The molecule has 0 aliphatic heterocycles. The topological polar surface area (TPSA) is 76.7 Å². The Morgan fingerprint density at radius 2 is 1.84 bits per heavy atom. The van der Waals surface area contributed by atoms with Crippen molar-refractivity contribution in [3.05, 3.63) is 78.9 Å². The molecule has 0 saturated heterocycles. The highest BCUT2D eigenvalue weighted by Crippen LogP contribution is 2.34. The van der Waals surface area contributed by atoms with Gasteiger partial charge in [-0.05, 0) is 43.7 Å². The molecule has 0 amide bonds. The van der Waals surface area contributed by atoms with Crippen LogP contribution < -0.4 is 0 Å². The molecular weight excluding hydrogens is 398 g/mol. The largest absolute Gasteiger partial charge is 0.346 e. The van der Waals surface area contributed by atoms with Crippen molar-refractivity contribution in [2.45, 2.75) is 13.8 Å². The van der Waals surface area contributed by atoms with Crippen LogP contribution in [0.5, 0.6) is 0 Å². The van der Waals surface area contributed by atoms with Crippen LogP contribution in [0.2, 0.25) is 0 Å². The van der Waals surface area contributed by atoms with Gasteiger partial charge in [0.25, 0.3) is 0 Å². The third-order valence-electron chi connectivity index (χ3n) is 6.13. The number of H-pyrrole nitrogens is 1. The summed E-state index contributed by atoms with van der Waals surface area (Å²) in [6.45, 7) is 4.13. The lowest BCUT2D eigenvalue weighted by molar-refractivity contribution is 0.731. The molecule has 0 bridgehead atoms. The number of pyridine rings is 3. The van der Waals surface area contributed by atoms with E-state index in [1.54, 1.807) is 6.20 Å². The second-order valence-corrected chi connectivity index (χ2v) is 8.04. The summed E-state index contributed by atoms with van der Waals surface area (Å²) in [4.78, 5) is 12.3. The molecule has 7 nitrogen and oxygen atoms in total. The molecule has 0 fully saturated rings. The smallest absolute Gasteiger partial charge is 0.137 e. The highest BCUT2D eigenvalue weighted by atomic mass is 15.3. The SMILES string of the molecule is Cc1nn(C)c(C)c1-c1cnc2[nH]cc(-c3ccn4ncc(-c5cccnc5)c4c3)c2c1. The van der Waals surface area contributed by atoms with Crippen LogP contribution in [0.25, 0.3) is 49.9 Å². The maximum Gasteiger partial charge on any atom is 0.137 e. The van der Waals surface area contributed by atoms with E-state index in [4.69, 9.17) is 4.98 Å². The molecule has 6 aromatic rings. The van der Waals surface area contributed by atoms with Crippen molar-refractivity contribution in [3.63, 3.8) is 0 Å². The quantitative estimate of drug-likeness (QED) is 0.440. The van der Waals surface area contributed by atoms with Gasteiger partial charge in [-0.2, -0.15) is 10.2 Å². The van der Waals surface area contributed by atoms with E-state index in [1.165, 1.54) is 0 Å². The summed E-state index contributed by atoms with van der Waals surface area (Å²) < 4.78 is 3.81. The molecular formula is C25H21N7. The summed E-state index contributed by atoms with van der Waals surface area (Å²) in [5, 5.41) is 10.2. The van der Waals surface area contributed by atoms with Crippen LogP contribution in [-0.2, 0) is 7.05 Å². The van der Waals surface area contributed by atoms with Gasteiger partial charge in [-0.1, -0.05) is 6.07 Å². The van der Waals surface area contributed by atoms with E-state index < -0.39 is 0 Å². The van der Waals surface area contributed by atoms with Crippen LogP contribution in [0.3, 0.4) is 0 Å². The Labute approximate surface area is 184 Å². The van der Waals surface area contributed by atoms with Gasteiger partial charge in [0.1, 0.15) is 5.65 Å². The fraction of sp³-hybridized carbons (Fsp3) is 0.120. The van der Waals surface area contributed by atoms with Crippen molar-refractivity contribution in [2.75, 3.05) is 0 Å². The van der Waals surface area contributed by atoms with Crippen molar-refractivity contribution >= 4 is 16.6 Å². The summed E-state index contributed by atoms with van der Waals surface area (Å²) in [6.07, 6.45) is 11.5. The Morgan fingerprint density at radius 3 is 2.62 bits per heavy atom. The first-order valence-electron chi connectivity index (χ1n) is 10.5. The maximum atomic E-state index is 4.69. The number of hydrogen-bond acceptors (Lipinski definition) is 4. The number of nitrogens with one attached hydrogen (secondary N) is 1. The van der Waals surface area contributed by atoms with Gasteiger partial charge < -0.3 is 4.98 Å². The first kappa shape index (κ1) is 18.5. The number of nitrogens with zero attached hydrogens (tertiary/aromatic N) is 6. The lowest BCUT2D eigenvalue weighted by Crippen LogP contribution is -1.92. The third kappa shape index (κ3) is 2.75. The van der Waals surface area contributed by atoms with Gasteiger partial charge in [0.15, 0.2) is 0 Å². The number of aromatic amines is 1. The number of hydrogen-bond donors (Lipinski definition) is 1. The first-order chi connectivity index (χ1) is 15.6. The molecule has 0 spiro atoms. The molecule has 32 heavy (non-hydrogen) atoms. The van der Waals surface area contributed by atoms with Crippen LogP contribution in [0.15, 0.2) is 67.5 Å². The van der Waals surface area contributed by atoms with E-state index in [-0.39, 0.29) is 0 Å². The Morgan fingerprint density at radius 1 is 0.938 bits per heavy atom. The van der Waals surface area contributed by atoms with Crippen molar-refractivity contribution in [1.82, 2.24) is 34.3 Å². The van der Waals surface area contributed by atoms with E-state index in [0.717, 1.165) is 61.3 Å². The summed E-state index contributed by atoms with van der Waals surface area (Å²) in [5.74, 6) is 0. The minimum atomic E-state index is 0.865.